The van der Waals surface area contributed by atoms with Gasteiger partial charge < -0.3 is 5.32 Å². The summed E-state index contributed by atoms with van der Waals surface area (Å²) in [5.74, 6) is -0.313. The molecule has 0 saturated heterocycles. The van der Waals surface area contributed by atoms with Crippen molar-refractivity contribution in [3.8, 4) is 0 Å². The fourth-order valence-corrected chi connectivity index (χ4v) is 3.40. The minimum atomic E-state index is -0.313. The molecule has 7 heteroatoms. The van der Waals surface area contributed by atoms with Gasteiger partial charge in [0.15, 0.2) is 5.69 Å². The van der Waals surface area contributed by atoms with Crippen molar-refractivity contribution in [3.63, 3.8) is 0 Å². The zero-order valence-electron chi connectivity index (χ0n) is 13.1. The molecule has 0 fully saturated rings. The lowest BCUT2D eigenvalue weighted by atomic mass is 10.1. The van der Waals surface area contributed by atoms with E-state index in [1.54, 1.807) is 31.3 Å². The van der Waals surface area contributed by atoms with Crippen molar-refractivity contribution in [2.75, 3.05) is 7.05 Å². The zero-order chi connectivity index (χ0) is 16.6. The molecule has 6 nitrogen and oxygen atoms in total. The van der Waals surface area contributed by atoms with Crippen molar-refractivity contribution in [1.82, 2.24) is 20.1 Å². The normalized spacial score (nSPS) is 10.9. The monoisotopic (exact) mass is 328 g/mol. The quantitative estimate of drug-likeness (QED) is 0.796. The van der Waals surface area contributed by atoms with Gasteiger partial charge in [0.05, 0.1) is 22.6 Å². The molecule has 0 bridgehead atoms. The molecule has 0 aliphatic rings. The summed E-state index contributed by atoms with van der Waals surface area (Å²) >= 11 is 1.53. The lowest BCUT2D eigenvalue weighted by Gasteiger charge is -2.09. The van der Waals surface area contributed by atoms with Crippen LogP contribution in [0.4, 0.5) is 0 Å². The van der Waals surface area contributed by atoms with E-state index in [0.29, 0.717) is 17.3 Å². The summed E-state index contributed by atoms with van der Waals surface area (Å²) in [5, 5.41) is 8.85. The van der Waals surface area contributed by atoms with Crippen LogP contribution in [0.5, 0.6) is 0 Å². The van der Waals surface area contributed by atoms with Crippen LogP contribution in [0, 0.1) is 13.8 Å². The number of aryl methyl sites for hydroxylation is 2. The van der Waals surface area contributed by atoms with E-state index < -0.39 is 0 Å². The first-order valence-electron chi connectivity index (χ1n) is 7.16. The number of amides is 1. The number of fused-ring (bicyclic) bond motifs is 1. The highest BCUT2D eigenvalue weighted by Crippen LogP contribution is 2.19. The molecule has 0 spiro atoms. The SMILES string of the molecule is CNC(=O)c1nn(Cc2sc(C)nc2C)c(=O)c2ccccc12. The van der Waals surface area contributed by atoms with Gasteiger partial charge >= 0.3 is 0 Å². The topological polar surface area (TPSA) is 76.9 Å². The van der Waals surface area contributed by atoms with E-state index in [0.717, 1.165) is 15.6 Å². The van der Waals surface area contributed by atoms with Crippen LogP contribution in [0.15, 0.2) is 29.1 Å². The molecule has 0 saturated carbocycles. The van der Waals surface area contributed by atoms with Crippen molar-refractivity contribution in [1.29, 1.82) is 0 Å². The Bertz CT molecular complexity index is 958. The van der Waals surface area contributed by atoms with Gasteiger partial charge in [-0.15, -0.1) is 11.3 Å². The Morgan fingerprint density at radius 3 is 2.57 bits per heavy atom. The first-order valence-corrected chi connectivity index (χ1v) is 7.97. The second-order valence-corrected chi connectivity index (χ2v) is 6.47. The van der Waals surface area contributed by atoms with Crippen LogP contribution in [0.2, 0.25) is 0 Å². The van der Waals surface area contributed by atoms with Crippen LogP contribution in [0.25, 0.3) is 10.8 Å². The van der Waals surface area contributed by atoms with Crippen molar-refractivity contribution >= 4 is 28.0 Å². The van der Waals surface area contributed by atoms with Gasteiger partial charge in [-0.25, -0.2) is 9.67 Å². The molecule has 0 unspecified atom stereocenters. The van der Waals surface area contributed by atoms with Gasteiger partial charge in [0, 0.05) is 17.3 Å². The first kappa shape index (κ1) is 15.4. The summed E-state index contributed by atoms with van der Waals surface area (Å²) in [6.45, 7) is 4.14. The van der Waals surface area contributed by atoms with Gasteiger partial charge in [0.25, 0.3) is 11.5 Å². The van der Waals surface area contributed by atoms with E-state index in [1.165, 1.54) is 16.0 Å². The predicted octanol–water partition coefficient (Wildman–Crippen LogP) is 1.88. The van der Waals surface area contributed by atoms with Crippen LogP contribution < -0.4 is 10.9 Å². The zero-order valence-corrected chi connectivity index (χ0v) is 13.9. The number of nitrogens with one attached hydrogen (secondary N) is 1. The lowest BCUT2D eigenvalue weighted by molar-refractivity contribution is 0.0957. The summed E-state index contributed by atoms with van der Waals surface area (Å²) < 4.78 is 1.34. The molecule has 1 aromatic carbocycles. The second kappa shape index (κ2) is 5.92. The number of aromatic nitrogens is 3. The van der Waals surface area contributed by atoms with Crippen molar-refractivity contribution in [2.24, 2.45) is 0 Å². The fraction of sp³-hybridized carbons (Fsp3) is 0.250. The highest BCUT2D eigenvalue weighted by Gasteiger charge is 2.16. The fourth-order valence-electron chi connectivity index (χ4n) is 2.48. The van der Waals surface area contributed by atoms with Gasteiger partial charge in [-0.2, -0.15) is 5.10 Å². The number of carbonyl (C=O) groups is 1. The molecule has 0 aliphatic carbocycles. The third kappa shape index (κ3) is 2.75. The van der Waals surface area contributed by atoms with Crippen LogP contribution in [0.3, 0.4) is 0 Å². The van der Waals surface area contributed by atoms with Crippen LogP contribution in [-0.2, 0) is 6.54 Å². The van der Waals surface area contributed by atoms with E-state index in [4.69, 9.17) is 0 Å². The lowest BCUT2D eigenvalue weighted by Crippen LogP contribution is -2.29. The Morgan fingerprint density at radius 1 is 1.26 bits per heavy atom. The third-order valence-corrected chi connectivity index (χ3v) is 4.66. The number of hydrogen-bond acceptors (Lipinski definition) is 5. The van der Waals surface area contributed by atoms with Crippen LogP contribution in [0.1, 0.15) is 26.1 Å². The maximum Gasteiger partial charge on any atom is 0.275 e. The van der Waals surface area contributed by atoms with E-state index in [-0.39, 0.29) is 17.2 Å². The molecule has 0 atom stereocenters. The van der Waals surface area contributed by atoms with Gasteiger partial charge in [0.2, 0.25) is 0 Å². The molecular weight excluding hydrogens is 312 g/mol. The Balaban J connectivity index is 2.21. The number of benzene rings is 1. The number of nitrogens with zero attached hydrogens (tertiary/aromatic N) is 3. The van der Waals surface area contributed by atoms with E-state index in [2.05, 4.69) is 15.4 Å². The number of carbonyl (C=O) groups excluding carboxylic acids is 1. The Hall–Kier alpha value is -2.54. The summed E-state index contributed by atoms with van der Waals surface area (Å²) in [6, 6.07) is 7.02. The van der Waals surface area contributed by atoms with E-state index >= 15 is 0 Å². The summed E-state index contributed by atoms with van der Waals surface area (Å²) in [6.07, 6.45) is 0. The molecule has 118 valence electrons. The van der Waals surface area contributed by atoms with Gasteiger partial charge in [-0.1, -0.05) is 18.2 Å². The van der Waals surface area contributed by atoms with Crippen LogP contribution in [-0.4, -0.2) is 27.7 Å². The number of thiazole rings is 1. The average Bonchev–Trinajstić information content (AvgIpc) is 2.87. The molecule has 2 aromatic heterocycles. The molecule has 2 heterocycles. The third-order valence-electron chi connectivity index (χ3n) is 3.60. The van der Waals surface area contributed by atoms with Gasteiger partial charge in [0.1, 0.15) is 0 Å². The largest absolute Gasteiger partial charge is 0.354 e. The van der Waals surface area contributed by atoms with Gasteiger partial charge in [-0.05, 0) is 19.9 Å². The average molecular weight is 328 g/mol. The Labute approximate surface area is 136 Å². The maximum atomic E-state index is 12.7. The smallest absolute Gasteiger partial charge is 0.275 e. The molecule has 3 rings (SSSR count). The summed E-state index contributed by atoms with van der Waals surface area (Å²) in [4.78, 5) is 30.1. The van der Waals surface area contributed by atoms with E-state index in [1.807, 2.05) is 13.8 Å². The second-order valence-electron chi connectivity index (χ2n) is 5.18. The highest BCUT2D eigenvalue weighted by atomic mass is 32.1. The first-order chi connectivity index (χ1) is 11.0. The Morgan fingerprint density at radius 2 is 1.96 bits per heavy atom. The van der Waals surface area contributed by atoms with Gasteiger partial charge in [-0.3, -0.25) is 9.59 Å². The molecular formula is C16H16N4O2S. The molecule has 1 N–H and O–H groups in total. The van der Waals surface area contributed by atoms with Crippen molar-refractivity contribution in [2.45, 2.75) is 20.4 Å². The highest BCUT2D eigenvalue weighted by molar-refractivity contribution is 7.11. The standard InChI is InChI=1S/C16H16N4O2S/c1-9-13(23-10(2)18-9)8-20-16(22)12-7-5-4-6-11(12)14(19-20)15(21)17-3/h4-7H,8H2,1-3H3,(H,17,21). The molecule has 0 radical (unpaired) electrons. The number of rotatable bonds is 3. The van der Waals surface area contributed by atoms with E-state index in [9.17, 15) is 9.59 Å². The van der Waals surface area contributed by atoms with Crippen molar-refractivity contribution in [3.05, 3.63) is 55.9 Å². The number of hydrogen-bond donors (Lipinski definition) is 1. The Kier molecular flexibility index (Phi) is 3.96. The predicted molar refractivity (Wildman–Crippen MR) is 90.1 cm³/mol. The van der Waals surface area contributed by atoms with Crippen molar-refractivity contribution < 1.29 is 4.79 Å². The molecule has 3 aromatic rings. The molecule has 23 heavy (non-hydrogen) atoms. The molecule has 1 amide bonds. The van der Waals surface area contributed by atoms with Crippen LogP contribution >= 0.6 is 11.3 Å². The maximum absolute atomic E-state index is 12.7. The minimum absolute atomic E-state index is 0.210. The molecule has 0 aliphatic heterocycles. The minimum Gasteiger partial charge on any atom is -0.354 e. The summed E-state index contributed by atoms with van der Waals surface area (Å²) in [5.41, 5.74) is 0.927. The summed E-state index contributed by atoms with van der Waals surface area (Å²) in [7, 11) is 1.55.